The predicted molar refractivity (Wildman–Crippen MR) is 328 cm³/mol. The van der Waals surface area contributed by atoms with Crippen molar-refractivity contribution in [3.05, 3.63) is 46.5 Å². The Balaban J connectivity index is 0.000000820. The van der Waals surface area contributed by atoms with Crippen molar-refractivity contribution in [1.82, 2.24) is 0 Å². The van der Waals surface area contributed by atoms with E-state index in [9.17, 15) is 10.2 Å². The van der Waals surface area contributed by atoms with E-state index in [1.807, 2.05) is 12.1 Å². The molecule has 0 aliphatic heterocycles. The number of hydrogen-bond acceptors (Lipinski definition) is 16. The zero-order chi connectivity index (χ0) is 59.9. The van der Waals surface area contributed by atoms with Crippen molar-refractivity contribution < 1.29 is 77.3 Å². The smallest absolute Gasteiger partial charge is 0.126 e. The first-order valence-electron chi connectivity index (χ1n) is 31.9. The van der Waals surface area contributed by atoms with Crippen LogP contribution >= 0.6 is 0 Å². The Labute approximate surface area is 498 Å². The van der Waals surface area contributed by atoms with Crippen LogP contribution in [0.5, 0.6) is 23.0 Å². The van der Waals surface area contributed by atoms with E-state index in [4.69, 9.17) is 67.1 Å². The molecule has 0 radical (unpaired) electrons. The third-order valence-corrected chi connectivity index (χ3v) is 13.8. The number of aliphatic hydroxyl groups is 2. The van der Waals surface area contributed by atoms with Gasteiger partial charge in [0, 0.05) is 11.1 Å². The van der Waals surface area contributed by atoms with Crippen molar-refractivity contribution in [3.8, 4) is 23.0 Å². The van der Waals surface area contributed by atoms with Crippen molar-refractivity contribution in [2.24, 2.45) is 23.7 Å². The van der Waals surface area contributed by atoms with Crippen molar-refractivity contribution in [3.63, 3.8) is 0 Å². The van der Waals surface area contributed by atoms with E-state index in [1.165, 1.54) is 64.2 Å². The van der Waals surface area contributed by atoms with Gasteiger partial charge in [-0.25, -0.2) is 0 Å². The molecule has 0 bridgehead atoms. The fraction of sp³-hybridized carbons (Fsp3) is 0.818. The Hall–Kier alpha value is -2.84. The molecule has 4 N–H and O–H groups in total. The van der Waals surface area contributed by atoms with Crippen molar-refractivity contribution >= 4 is 0 Å². The first-order valence-corrected chi connectivity index (χ1v) is 31.9. The molecule has 2 atom stereocenters. The number of aromatic hydroxyl groups is 2. The minimum atomic E-state index is 0.0280. The average Bonchev–Trinajstić information content (AvgIpc) is 3.46. The van der Waals surface area contributed by atoms with Crippen LogP contribution in [0.4, 0.5) is 0 Å². The van der Waals surface area contributed by atoms with Crippen LogP contribution in [-0.4, -0.2) is 179 Å². The van der Waals surface area contributed by atoms with Gasteiger partial charge in [0.2, 0.25) is 0 Å². The molecule has 0 aliphatic rings. The summed E-state index contributed by atoms with van der Waals surface area (Å²) in [6.45, 7) is 28.6. The number of phenols is 2. The van der Waals surface area contributed by atoms with Crippen LogP contribution < -0.4 is 9.47 Å². The molecule has 0 aliphatic carbocycles. The lowest BCUT2D eigenvalue weighted by atomic mass is 9.93. The highest BCUT2D eigenvalue weighted by atomic mass is 16.6. The van der Waals surface area contributed by atoms with Gasteiger partial charge in [0.1, 0.15) is 36.2 Å². The van der Waals surface area contributed by atoms with Crippen LogP contribution in [0.2, 0.25) is 0 Å². The zero-order valence-corrected chi connectivity index (χ0v) is 53.0. The van der Waals surface area contributed by atoms with E-state index in [0.29, 0.717) is 169 Å². The standard InChI is InChI=1S/2C33H60O8/c2*1-5-6-7-11-30-26-32(35)31(13-12-29(4)10-8-9-28(2)3)33(27-30)41-25-24-40-23-22-39-21-20-38-19-18-37-17-16-36-15-14-34/h2*26-29,34-35H,5-25H2,1-4H3/t2*29-/m10/s1. The van der Waals surface area contributed by atoms with Gasteiger partial charge in [0.15, 0.2) is 0 Å². The van der Waals surface area contributed by atoms with Gasteiger partial charge in [-0.15, -0.1) is 0 Å². The molecule has 16 nitrogen and oxygen atoms in total. The summed E-state index contributed by atoms with van der Waals surface area (Å²) in [6.07, 6.45) is 20.1. The van der Waals surface area contributed by atoms with Crippen molar-refractivity contribution in [1.29, 1.82) is 0 Å². The molecule has 16 heteroatoms. The molecule has 0 saturated heterocycles. The Morgan fingerprint density at radius 1 is 0.317 bits per heavy atom. The zero-order valence-electron chi connectivity index (χ0n) is 53.0. The summed E-state index contributed by atoms with van der Waals surface area (Å²) in [5, 5.41) is 39.0. The van der Waals surface area contributed by atoms with Gasteiger partial charge in [0.25, 0.3) is 0 Å². The number of aliphatic hydroxyl groups excluding tert-OH is 2. The number of unbranched alkanes of at least 4 members (excludes halogenated alkanes) is 4. The molecule has 0 fully saturated rings. The van der Waals surface area contributed by atoms with Gasteiger partial charge in [-0.3, -0.25) is 0 Å². The van der Waals surface area contributed by atoms with Gasteiger partial charge in [-0.2, -0.15) is 0 Å². The van der Waals surface area contributed by atoms with Crippen LogP contribution in [-0.2, 0) is 73.1 Å². The summed E-state index contributed by atoms with van der Waals surface area (Å²) < 4.78 is 66.7. The summed E-state index contributed by atoms with van der Waals surface area (Å²) >= 11 is 0. The largest absolute Gasteiger partial charge is 0.508 e. The lowest BCUT2D eigenvalue weighted by molar-refractivity contribution is -0.0147. The lowest BCUT2D eigenvalue weighted by Crippen LogP contribution is -2.15. The number of benzene rings is 2. The van der Waals surface area contributed by atoms with E-state index in [1.54, 1.807) is 0 Å². The maximum atomic E-state index is 10.9. The van der Waals surface area contributed by atoms with E-state index in [0.717, 1.165) is 97.0 Å². The van der Waals surface area contributed by atoms with E-state index in [2.05, 4.69) is 67.5 Å². The molecule has 0 aromatic heterocycles. The molecule has 82 heavy (non-hydrogen) atoms. The minimum absolute atomic E-state index is 0.0280. The van der Waals surface area contributed by atoms with Crippen LogP contribution in [0.25, 0.3) is 0 Å². The van der Waals surface area contributed by atoms with Crippen LogP contribution in [0.1, 0.15) is 168 Å². The SMILES string of the molecule is CCCCCc1cc(O)c(CC[C@@H](C)CCCC(C)C)c(OCCOCCOCCOCCOCCOCCO)c1.CCCCCc1cc(O)c(CC[C@H](C)CCCC(C)C)c(OCCOCCOCCOCCOCCOCCO)c1. The topological polar surface area (TPSA) is 192 Å². The first kappa shape index (κ1) is 77.2. The van der Waals surface area contributed by atoms with Crippen LogP contribution in [0.15, 0.2) is 24.3 Å². The Bertz CT molecular complexity index is 1580. The fourth-order valence-electron chi connectivity index (χ4n) is 8.91. The molecule has 480 valence electrons. The Morgan fingerprint density at radius 3 is 0.866 bits per heavy atom. The summed E-state index contributed by atoms with van der Waals surface area (Å²) in [6, 6.07) is 8.10. The Morgan fingerprint density at radius 2 is 0.598 bits per heavy atom. The molecular formula is C66H120O16. The second-order valence-corrected chi connectivity index (χ2v) is 22.3. The molecule has 0 amide bonds. The van der Waals surface area contributed by atoms with Gasteiger partial charge < -0.3 is 77.3 Å². The maximum Gasteiger partial charge on any atom is 0.126 e. The van der Waals surface area contributed by atoms with Crippen molar-refractivity contribution in [2.45, 2.75) is 171 Å². The molecule has 2 rings (SSSR count). The van der Waals surface area contributed by atoms with Crippen LogP contribution in [0.3, 0.4) is 0 Å². The van der Waals surface area contributed by atoms with Gasteiger partial charge >= 0.3 is 0 Å². The highest BCUT2D eigenvalue weighted by Gasteiger charge is 2.16. The fourth-order valence-corrected chi connectivity index (χ4v) is 8.91. The molecule has 0 saturated carbocycles. The molecule has 2 aromatic rings. The quantitative estimate of drug-likeness (QED) is 0.0457. The normalized spacial score (nSPS) is 12.3. The number of ether oxygens (including phenoxy) is 12. The monoisotopic (exact) mass is 1170 g/mol. The van der Waals surface area contributed by atoms with Gasteiger partial charge in [-0.1, -0.05) is 120 Å². The average molecular weight is 1170 g/mol. The summed E-state index contributed by atoms with van der Waals surface area (Å²) in [5.74, 6) is 5.05. The number of hydrogen-bond donors (Lipinski definition) is 4. The highest BCUT2D eigenvalue weighted by Crippen LogP contribution is 2.35. The van der Waals surface area contributed by atoms with E-state index < -0.39 is 0 Å². The minimum Gasteiger partial charge on any atom is -0.508 e. The number of rotatable bonds is 58. The third kappa shape index (κ3) is 45.5. The summed E-state index contributed by atoms with van der Waals surface area (Å²) in [5.41, 5.74) is 4.11. The second kappa shape index (κ2) is 56.0. The second-order valence-electron chi connectivity index (χ2n) is 22.3. The summed E-state index contributed by atoms with van der Waals surface area (Å²) in [7, 11) is 0. The van der Waals surface area contributed by atoms with Crippen molar-refractivity contribution in [2.75, 3.05) is 159 Å². The number of aryl methyl sites for hydroxylation is 2. The molecule has 0 spiro atoms. The third-order valence-electron chi connectivity index (χ3n) is 13.8. The van der Waals surface area contributed by atoms with E-state index >= 15 is 0 Å². The van der Waals surface area contributed by atoms with Gasteiger partial charge in [0.05, 0.1) is 145 Å². The molecule has 2 aromatic carbocycles. The highest BCUT2D eigenvalue weighted by molar-refractivity contribution is 5.48. The lowest BCUT2D eigenvalue weighted by Gasteiger charge is -2.18. The summed E-state index contributed by atoms with van der Waals surface area (Å²) in [4.78, 5) is 0. The molecular weight excluding hydrogens is 1050 g/mol. The molecule has 0 heterocycles. The van der Waals surface area contributed by atoms with Crippen LogP contribution in [0, 0.1) is 23.7 Å². The van der Waals surface area contributed by atoms with E-state index in [-0.39, 0.29) is 13.2 Å². The number of phenolic OH excluding ortho intramolecular Hbond substituents is 2. The van der Waals surface area contributed by atoms with Gasteiger partial charge in [-0.05, 0) is 110 Å². The maximum absolute atomic E-state index is 10.9. The molecule has 0 unspecified atom stereocenters. The Kier molecular flexibility index (Phi) is 52.7. The predicted octanol–water partition coefficient (Wildman–Crippen LogP) is 11.9. The first-order chi connectivity index (χ1) is 39.9.